The Labute approximate surface area is 143 Å². The molecule has 0 radical (unpaired) electrons. The fraction of sp³-hybridized carbons (Fsp3) is 0.526. The van der Waals surface area contributed by atoms with Crippen LogP contribution in [0, 0.1) is 0 Å². The van der Waals surface area contributed by atoms with E-state index in [-0.39, 0.29) is 17.1 Å². The Balaban J connectivity index is 2.15. The van der Waals surface area contributed by atoms with E-state index in [2.05, 4.69) is 6.92 Å². The topological polar surface area (TPSA) is 77.5 Å². The fourth-order valence-electron chi connectivity index (χ4n) is 2.93. The van der Waals surface area contributed by atoms with Crippen molar-refractivity contribution in [1.29, 1.82) is 0 Å². The lowest BCUT2D eigenvalue weighted by atomic mass is 10.1. The molecule has 0 spiro atoms. The van der Waals surface area contributed by atoms with Crippen LogP contribution in [0.25, 0.3) is 10.9 Å². The molecule has 0 aliphatic rings. The highest BCUT2D eigenvalue weighted by atomic mass is 16.5. The van der Waals surface area contributed by atoms with E-state index in [9.17, 15) is 9.90 Å². The summed E-state index contributed by atoms with van der Waals surface area (Å²) in [6.45, 7) is 5.02. The Hall–Kier alpha value is -2.17. The van der Waals surface area contributed by atoms with Crippen molar-refractivity contribution in [2.45, 2.75) is 58.9 Å². The second-order valence-electron chi connectivity index (χ2n) is 6.12. The van der Waals surface area contributed by atoms with Gasteiger partial charge in [0, 0.05) is 17.6 Å². The van der Waals surface area contributed by atoms with Crippen molar-refractivity contribution >= 4 is 16.6 Å². The van der Waals surface area contributed by atoms with Gasteiger partial charge in [0.2, 0.25) is 5.75 Å². The minimum atomic E-state index is -0.306. The minimum absolute atomic E-state index is 0.0441. The molecule has 24 heavy (non-hydrogen) atoms. The van der Waals surface area contributed by atoms with Crippen molar-refractivity contribution in [3.8, 4) is 11.5 Å². The first-order valence-electron chi connectivity index (χ1n) is 8.87. The molecule has 1 heterocycles. The first-order valence-corrected chi connectivity index (χ1v) is 8.87. The van der Waals surface area contributed by atoms with Gasteiger partial charge in [0.05, 0.1) is 12.1 Å². The van der Waals surface area contributed by atoms with Gasteiger partial charge >= 0.3 is 0 Å². The number of ether oxygens (including phenoxy) is 1. The van der Waals surface area contributed by atoms with Crippen LogP contribution >= 0.6 is 0 Å². The molecule has 0 fully saturated rings. The zero-order valence-corrected chi connectivity index (χ0v) is 14.7. The van der Waals surface area contributed by atoms with Crippen molar-refractivity contribution in [3.05, 3.63) is 28.6 Å². The lowest BCUT2D eigenvalue weighted by Crippen LogP contribution is -2.22. The lowest BCUT2D eigenvalue weighted by Gasteiger charge is -2.14. The number of aromatic nitrogens is 1. The summed E-state index contributed by atoms with van der Waals surface area (Å²) < 4.78 is 7.23. The van der Waals surface area contributed by atoms with Crippen molar-refractivity contribution in [2.75, 3.05) is 12.3 Å². The number of benzene rings is 1. The highest BCUT2D eigenvalue weighted by Crippen LogP contribution is 2.32. The summed E-state index contributed by atoms with van der Waals surface area (Å²) in [5.41, 5.74) is 6.69. The Morgan fingerprint density at radius 3 is 2.54 bits per heavy atom. The van der Waals surface area contributed by atoms with Crippen molar-refractivity contribution < 1.29 is 9.84 Å². The summed E-state index contributed by atoms with van der Waals surface area (Å²) >= 11 is 0. The summed E-state index contributed by atoms with van der Waals surface area (Å²) in [4.78, 5) is 12.6. The molecule has 0 aliphatic carbocycles. The third kappa shape index (κ3) is 4.02. The number of aromatic hydroxyl groups is 1. The van der Waals surface area contributed by atoms with Crippen LogP contribution < -0.4 is 16.0 Å². The smallest absolute Gasteiger partial charge is 0.297 e. The number of hydrogen-bond donors (Lipinski definition) is 2. The quantitative estimate of drug-likeness (QED) is 0.536. The van der Waals surface area contributed by atoms with E-state index in [4.69, 9.17) is 10.5 Å². The molecular formula is C19H28N2O3. The Morgan fingerprint density at radius 2 is 1.83 bits per heavy atom. The van der Waals surface area contributed by atoms with Gasteiger partial charge in [-0.15, -0.1) is 0 Å². The van der Waals surface area contributed by atoms with E-state index < -0.39 is 0 Å². The van der Waals surface area contributed by atoms with Gasteiger partial charge in [-0.05, 0) is 31.5 Å². The molecule has 2 rings (SSSR count). The van der Waals surface area contributed by atoms with E-state index in [0.29, 0.717) is 29.7 Å². The number of anilines is 1. The number of unbranched alkanes of at least 4 members (excludes halogenated alkanes) is 5. The normalized spacial score (nSPS) is 11.1. The first kappa shape index (κ1) is 18.2. The molecule has 0 saturated heterocycles. The summed E-state index contributed by atoms with van der Waals surface area (Å²) in [6.07, 6.45) is 6.86. The number of fused-ring (bicyclic) bond motifs is 1. The third-order valence-corrected chi connectivity index (χ3v) is 4.28. The number of pyridine rings is 1. The Morgan fingerprint density at radius 1 is 1.12 bits per heavy atom. The summed E-state index contributed by atoms with van der Waals surface area (Å²) in [5, 5.41) is 11.0. The molecule has 0 amide bonds. The fourth-order valence-corrected chi connectivity index (χ4v) is 2.93. The van der Waals surface area contributed by atoms with E-state index in [1.54, 1.807) is 22.8 Å². The molecule has 0 unspecified atom stereocenters. The number of nitrogens with zero attached hydrogens (tertiary/aromatic N) is 1. The number of nitrogen functional groups attached to an aromatic ring is 1. The molecule has 0 saturated carbocycles. The van der Waals surface area contributed by atoms with Crippen LogP contribution in [0.5, 0.6) is 11.5 Å². The Kier molecular flexibility index (Phi) is 6.53. The Bertz CT molecular complexity index is 737. The number of aryl methyl sites for hydroxylation is 1. The van der Waals surface area contributed by atoms with Crippen LogP contribution in [-0.4, -0.2) is 16.3 Å². The number of hydrogen-bond acceptors (Lipinski definition) is 4. The van der Waals surface area contributed by atoms with E-state index in [0.717, 1.165) is 12.8 Å². The van der Waals surface area contributed by atoms with Crippen molar-refractivity contribution in [1.82, 2.24) is 4.57 Å². The van der Waals surface area contributed by atoms with Gasteiger partial charge < -0.3 is 20.1 Å². The number of nitrogens with two attached hydrogens (primary N) is 1. The van der Waals surface area contributed by atoms with Crippen LogP contribution in [-0.2, 0) is 6.54 Å². The van der Waals surface area contributed by atoms with Gasteiger partial charge in [0.1, 0.15) is 0 Å². The van der Waals surface area contributed by atoms with Crippen LogP contribution in [0.4, 0.5) is 5.69 Å². The largest absolute Gasteiger partial charge is 0.504 e. The molecule has 5 nitrogen and oxygen atoms in total. The van der Waals surface area contributed by atoms with Crippen LogP contribution in [0.1, 0.15) is 52.4 Å². The first-order chi connectivity index (χ1) is 11.6. The summed E-state index contributed by atoms with van der Waals surface area (Å²) in [5.74, 6) is -0.0478. The van der Waals surface area contributed by atoms with Crippen molar-refractivity contribution in [3.63, 3.8) is 0 Å². The van der Waals surface area contributed by atoms with E-state index >= 15 is 0 Å². The van der Waals surface area contributed by atoms with Crippen LogP contribution in [0.3, 0.4) is 0 Å². The monoisotopic (exact) mass is 332 g/mol. The molecule has 132 valence electrons. The maximum absolute atomic E-state index is 12.6. The average molecular weight is 332 g/mol. The number of rotatable bonds is 9. The molecule has 3 N–H and O–H groups in total. The van der Waals surface area contributed by atoms with Crippen LogP contribution in [0.15, 0.2) is 23.0 Å². The van der Waals surface area contributed by atoms with Gasteiger partial charge in [-0.3, -0.25) is 4.79 Å². The van der Waals surface area contributed by atoms with E-state index in [1.165, 1.54) is 25.7 Å². The third-order valence-electron chi connectivity index (χ3n) is 4.28. The highest BCUT2D eigenvalue weighted by molar-refractivity contribution is 5.89. The minimum Gasteiger partial charge on any atom is -0.504 e. The van der Waals surface area contributed by atoms with E-state index in [1.807, 2.05) is 6.92 Å². The molecule has 1 aromatic carbocycles. The molecule has 2 aromatic rings. The maximum Gasteiger partial charge on any atom is 0.297 e. The van der Waals surface area contributed by atoms with Gasteiger partial charge in [0.25, 0.3) is 5.56 Å². The summed E-state index contributed by atoms with van der Waals surface area (Å²) in [7, 11) is 0. The molecule has 0 aliphatic heterocycles. The van der Waals surface area contributed by atoms with Gasteiger partial charge in [-0.2, -0.15) is 0 Å². The predicted molar refractivity (Wildman–Crippen MR) is 98.8 cm³/mol. The maximum atomic E-state index is 12.6. The average Bonchev–Trinajstić information content (AvgIpc) is 2.57. The predicted octanol–water partition coefficient (Wildman–Crippen LogP) is 4.05. The molecule has 1 aromatic heterocycles. The SMILES string of the molecule is CCCCCCCCOc1c(O)c2ccc(N)cc2n(CC)c1=O. The lowest BCUT2D eigenvalue weighted by molar-refractivity contribution is 0.284. The zero-order valence-electron chi connectivity index (χ0n) is 14.7. The zero-order chi connectivity index (χ0) is 17.5. The van der Waals surface area contributed by atoms with Crippen molar-refractivity contribution in [2.24, 2.45) is 0 Å². The van der Waals surface area contributed by atoms with Gasteiger partial charge in [-0.25, -0.2) is 0 Å². The standard InChI is InChI=1S/C19H28N2O3/c1-3-5-6-7-8-9-12-24-18-17(22)15-11-10-14(20)13-16(15)21(4-2)19(18)23/h10-11,13,22H,3-9,12,20H2,1-2H3. The van der Waals surface area contributed by atoms with Gasteiger partial charge in [-0.1, -0.05) is 39.0 Å². The van der Waals surface area contributed by atoms with Gasteiger partial charge in [0.15, 0.2) is 5.75 Å². The molecular weight excluding hydrogens is 304 g/mol. The van der Waals surface area contributed by atoms with Crippen LogP contribution in [0.2, 0.25) is 0 Å². The molecule has 5 heteroatoms. The summed E-state index contributed by atoms with van der Waals surface area (Å²) in [6, 6.07) is 5.14. The highest BCUT2D eigenvalue weighted by Gasteiger charge is 2.17. The second-order valence-corrected chi connectivity index (χ2v) is 6.12. The second kappa shape index (κ2) is 8.62. The molecule has 0 atom stereocenters. The molecule has 0 bridgehead atoms.